The monoisotopic (exact) mass is 269 g/mol. The predicted molar refractivity (Wildman–Crippen MR) is 71.6 cm³/mol. The van der Waals surface area contributed by atoms with Crippen molar-refractivity contribution >= 4 is 15.5 Å². The third kappa shape index (κ3) is 2.01. The number of rotatable bonds is 3. The average molecular weight is 269 g/mol. The number of benzene rings is 1. The van der Waals surface area contributed by atoms with Gasteiger partial charge in [0.15, 0.2) is 9.84 Å². The molecule has 1 heterocycles. The van der Waals surface area contributed by atoms with Gasteiger partial charge in [-0.3, -0.25) is 0 Å². The van der Waals surface area contributed by atoms with Crippen LogP contribution in [0.2, 0.25) is 0 Å². The molecule has 0 radical (unpaired) electrons. The summed E-state index contributed by atoms with van der Waals surface area (Å²) in [4.78, 5) is 0.374. The van der Waals surface area contributed by atoms with Gasteiger partial charge < -0.3 is 10.4 Å². The summed E-state index contributed by atoms with van der Waals surface area (Å²) in [7, 11) is -3.35. The Morgan fingerprint density at radius 3 is 2.72 bits per heavy atom. The maximum absolute atomic E-state index is 12.5. The zero-order valence-electron chi connectivity index (χ0n) is 10.7. The van der Waals surface area contributed by atoms with Crippen LogP contribution in [0.3, 0.4) is 0 Å². The van der Waals surface area contributed by atoms with E-state index in [4.69, 9.17) is 5.11 Å². The van der Waals surface area contributed by atoms with Crippen molar-refractivity contribution in [3.63, 3.8) is 0 Å². The van der Waals surface area contributed by atoms with Crippen LogP contribution in [0.5, 0.6) is 0 Å². The van der Waals surface area contributed by atoms with Crippen LogP contribution in [0.1, 0.15) is 25.8 Å². The van der Waals surface area contributed by atoms with E-state index < -0.39 is 15.1 Å². The van der Waals surface area contributed by atoms with E-state index in [2.05, 4.69) is 5.32 Å². The molecule has 0 saturated heterocycles. The summed E-state index contributed by atoms with van der Waals surface area (Å²) < 4.78 is 25.0. The lowest BCUT2D eigenvalue weighted by molar-refractivity contribution is 0.282. The summed E-state index contributed by atoms with van der Waals surface area (Å²) in [6.45, 7) is 3.75. The standard InChI is InChI=1S/C13H19NO3S/c1-3-10-5-4-6-12-13(10)14-9(2)11(7-8-15)18(12,16)17/h4-6,9,11,14-15H,3,7-8H2,1-2H3. The number of hydrogen-bond donors (Lipinski definition) is 2. The summed E-state index contributed by atoms with van der Waals surface area (Å²) in [5.74, 6) is 0. The van der Waals surface area contributed by atoms with Gasteiger partial charge in [-0.25, -0.2) is 8.42 Å². The first-order valence-electron chi connectivity index (χ1n) is 6.25. The summed E-state index contributed by atoms with van der Waals surface area (Å²) in [6.07, 6.45) is 1.06. The topological polar surface area (TPSA) is 66.4 Å². The first-order valence-corrected chi connectivity index (χ1v) is 7.80. The highest BCUT2D eigenvalue weighted by Gasteiger charge is 2.38. The lowest BCUT2D eigenvalue weighted by Gasteiger charge is -2.33. The van der Waals surface area contributed by atoms with E-state index in [9.17, 15) is 8.42 Å². The Labute approximate surface area is 108 Å². The fourth-order valence-electron chi connectivity index (χ4n) is 2.56. The summed E-state index contributed by atoms with van der Waals surface area (Å²) in [5, 5.41) is 11.8. The number of aliphatic hydroxyl groups is 1. The van der Waals surface area contributed by atoms with Crippen LogP contribution in [0.25, 0.3) is 0 Å². The smallest absolute Gasteiger partial charge is 0.185 e. The van der Waals surface area contributed by atoms with Gasteiger partial charge in [-0.2, -0.15) is 0 Å². The number of aliphatic hydroxyl groups excluding tert-OH is 1. The molecule has 1 aromatic rings. The van der Waals surface area contributed by atoms with Crippen molar-refractivity contribution in [2.75, 3.05) is 11.9 Å². The molecule has 0 saturated carbocycles. The first-order chi connectivity index (χ1) is 8.52. The first kappa shape index (κ1) is 13.4. The predicted octanol–water partition coefficient (Wildman–Crippen LogP) is 1.59. The van der Waals surface area contributed by atoms with Crippen LogP contribution in [0, 0.1) is 0 Å². The Morgan fingerprint density at radius 2 is 2.11 bits per heavy atom. The third-order valence-corrected chi connectivity index (χ3v) is 5.94. The van der Waals surface area contributed by atoms with Crippen molar-refractivity contribution in [2.24, 2.45) is 0 Å². The van der Waals surface area contributed by atoms with Crippen molar-refractivity contribution < 1.29 is 13.5 Å². The Bertz CT molecular complexity index is 539. The molecule has 1 aromatic carbocycles. The van der Waals surface area contributed by atoms with Gasteiger partial charge in [-0.05, 0) is 31.4 Å². The van der Waals surface area contributed by atoms with Gasteiger partial charge in [0.1, 0.15) is 0 Å². The van der Waals surface area contributed by atoms with Gasteiger partial charge in [0.25, 0.3) is 0 Å². The number of aryl methyl sites for hydroxylation is 1. The number of anilines is 1. The molecule has 0 amide bonds. The van der Waals surface area contributed by atoms with Gasteiger partial charge in [-0.15, -0.1) is 0 Å². The Kier molecular flexibility index (Phi) is 3.64. The van der Waals surface area contributed by atoms with Gasteiger partial charge in [-0.1, -0.05) is 19.1 Å². The fraction of sp³-hybridized carbons (Fsp3) is 0.538. The van der Waals surface area contributed by atoms with E-state index in [0.29, 0.717) is 4.90 Å². The van der Waals surface area contributed by atoms with Crippen molar-refractivity contribution in [1.82, 2.24) is 0 Å². The number of sulfone groups is 1. The Balaban J connectivity index is 2.58. The van der Waals surface area contributed by atoms with E-state index in [1.807, 2.05) is 19.9 Å². The van der Waals surface area contributed by atoms with Crippen LogP contribution >= 0.6 is 0 Å². The molecule has 18 heavy (non-hydrogen) atoms. The molecule has 0 aromatic heterocycles. The lowest BCUT2D eigenvalue weighted by Crippen LogP contribution is -2.42. The molecule has 5 heteroatoms. The molecule has 0 spiro atoms. The Hall–Kier alpha value is -1.07. The highest BCUT2D eigenvalue weighted by atomic mass is 32.2. The number of hydrogen-bond acceptors (Lipinski definition) is 4. The zero-order valence-corrected chi connectivity index (χ0v) is 11.5. The lowest BCUT2D eigenvalue weighted by atomic mass is 10.1. The van der Waals surface area contributed by atoms with Crippen LogP contribution in [0.4, 0.5) is 5.69 Å². The largest absolute Gasteiger partial charge is 0.396 e. The summed E-state index contributed by atoms with van der Waals surface area (Å²) in [6, 6.07) is 5.19. The van der Waals surface area contributed by atoms with Gasteiger partial charge in [0.2, 0.25) is 0 Å². The summed E-state index contributed by atoms with van der Waals surface area (Å²) in [5.41, 5.74) is 1.76. The minimum absolute atomic E-state index is 0.112. The van der Waals surface area contributed by atoms with Crippen LogP contribution < -0.4 is 5.32 Å². The SMILES string of the molecule is CCc1cccc2c1NC(C)C(CCO)S2(=O)=O. The van der Waals surface area contributed by atoms with Gasteiger partial charge in [0, 0.05) is 12.6 Å². The molecule has 1 aliphatic heterocycles. The second-order valence-electron chi connectivity index (χ2n) is 4.67. The maximum atomic E-state index is 12.5. The second-order valence-corrected chi connectivity index (χ2v) is 6.81. The van der Waals surface area contributed by atoms with E-state index in [-0.39, 0.29) is 19.1 Å². The van der Waals surface area contributed by atoms with E-state index in [0.717, 1.165) is 17.7 Å². The Morgan fingerprint density at radius 1 is 1.39 bits per heavy atom. The van der Waals surface area contributed by atoms with Crippen molar-refractivity contribution in [2.45, 2.75) is 42.9 Å². The molecule has 4 nitrogen and oxygen atoms in total. The number of para-hydroxylation sites is 1. The van der Waals surface area contributed by atoms with E-state index >= 15 is 0 Å². The number of fused-ring (bicyclic) bond motifs is 1. The number of nitrogens with one attached hydrogen (secondary N) is 1. The molecule has 2 rings (SSSR count). The van der Waals surface area contributed by atoms with Crippen LogP contribution in [0.15, 0.2) is 23.1 Å². The molecule has 100 valence electrons. The molecule has 2 atom stereocenters. The molecule has 0 fully saturated rings. The molecule has 0 aliphatic carbocycles. The highest BCUT2D eigenvalue weighted by Crippen LogP contribution is 2.36. The molecule has 2 unspecified atom stereocenters. The van der Waals surface area contributed by atoms with Crippen molar-refractivity contribution in [1.29, 1.82) is 0 Å². The van der Waals surface area contributed by atoms with Crippen molar-refractivity contribution in [3.05, 3.63) is 23.8 Å². The van der Waals surface area contributed by atoms with Crippen LogP contribution in [-0.2, 0) is 16.3 Å². The van der Waals surface area contributed by atoms with E-state index in [1.54, 1.807) is 12.1 Å². The normalized spacial score (nSPS) is 25.3. The molecule has 1 aliphatic rings. The minimum atomic E-state index is -3.35. The highest BCUT2D eigenvalue weighted by molar-refractivity contribution is 7.92. The average Bonchev–Trinajstić information content (AvgIpc) is 2.34. The fourth-order valence-corrected chi connectivity index (χ4v) is 4.65. The molecule has 2 N–H and O–H groups in total. The molecule has 0 bridgehead atoms. The summed E-state index contributed by atoms with van der Waals surface area (Å²) >= 11 is 0. The quantitative estimate of drug-likeness (QED) is 0.874. The molecular formula is C13H19NO3S. The molecular weight excluding hydrogens is 250 g/mol. The van der Waals surface area contributed by atoms with E-state index in [1.165, 1.54) is 0 Å². The maximum Gasteiger partial charge on any atom is 0.185 e. The van der Waals surface area contributed by atoms with Gasteiger partial charge >= 0.3 is 0 Å². The third-order valence-electron chi connectivity index (χ3n) is 3.54. The van der Waals surface area contributed by atoms with Gasteiger partial charge in [0.05, 0.1) is 15.8 Å². The second kappa shape index (κ2) is 4.90. The van der Waals surface area contributed by atoms with Crippen LogP contribution in [-0.4, -0.2) is 31.4 Å². The zero-order chi connectivity index (χ0) is 13.3. The van der Waals surface area contributed by atoms with Crippen molar-refractivity contribution in [3.8, 4) is 0 Å². The minimum Gasteiger partial charge on any atom is -0.396 e.